The molecule has 0 unspecified atom stereocenters. The first-order chi connectivity index (χ1) is 13.6. The molecular weight excluding hydrogens is 394 g/mol. The summed E-state index contributed by atoms with van der Waals surface area (Å²) in [6.07, 6.45) is 0. The number of rotatable bonds is 4. The van der Waals surface area contributed by atoms with Crippen molar-refractivity contribution in [2.45, 2.75) is 26.3 Å². The average Bonchev–Trinajstić information content (AvgIpc) is 2.85. The lowest BCUT2D eigenvalue weighted by Crippen LogP contribution is -2.49. The van der Waals surface area contributed by atoms with E-state index in [1.54, 1.807) is 0 Å². The molecule has 1 aliphatic rings. The molecule has 10 heteroatoms. The molecule has 0 bridgehead atoms. The number of non-ortho nitro benzene ring substituents is 1. The summed E-state index contributed by atoms with van der Waals surface area (Å²) < 4.78 is 0. The van der Waals surface area contributed by atoms with Crippen molar-refractivity contribution in [3.8, 4) is 0 Å². The molecule has 1 aliphatic heterocycles. The average molecular weight is 413 g/mol. The molecule has 9 nitrogen and oxygen atoms in total. The number of thiocarbonyl (C=S) groups is 1. The Hall–Kier alpha value is -3.53. The van der Waals surface area contributed by atoms with E-state index in [2.05, 4.69) is 16.1 Å². The number of nitro benzene ring substituents is 1. The second-order valence-corrected chi connectivity index (χ2v) is 7.35. The predicted octanol–water partition coefficient (Wildman–Crippen LogP) is 2.88. The molecule has 0 aliphatic carbocycles. The summed E-state index contributed by atoms with van der Waals surface area (Å²) in [5.74, 6) is -0.582. The lowest BCUT2D eigenvalue weighted by Gasteiger charge is -2.22. The fourth-order valence-corrected chi connectivity index (χ4v) is 3.37. The lowest BCUT2D eigenvalue weighted by molar-refractivity contribution is -0.384. The van der Waals surface area contributed by atoms with E-state index >= 15 is 0 Å². The third-order valence-corrected chi connectivity index (χ3v) is 4.73. The van der Waals surface area contributed by atoms with E-state index in [1.165, 1.54) is 31.2 Å². The summed E-state index contributed by atoms with van der Waals surface area (Å²) in [6.45, 7) is 5.42. The number of nitro groups is 1. The highest BCUT2D eigenvalue weighted by molar-refractivity contribution is 7.80. The van der Waals surface area contributed by atoms with Crippen molar-refractivity contribution >= 4 is 40.6 Å². The Kier molecular flexibility index (Phi) is 5.21. The van der Waals surface area contributed by atoms with Crippen molar-refractivity contribution < 1.29 is 14.5 Å². The number of carbonyl (C=O) groups excluding carboxylic acids is 2. The Morgan fingerprint density at radius 2 is 1.72 bits per heavy atom. The minimum atomic E-state index is -1.38. The first-order valence-corrected chi connectivity index (χ1v) is 9.08. The number of hydrogen-bond acceptors (Lipinski definition) is 5. The van der Waals surface area contributed by atoms with Gasteiger partial charge in [-0.05, 0) is 73.9 Å². The smallest absolute Gasteiger partial charge is 0.331 e. The van der Waals surface area contributed by atoms with Crippen molar-refractivity contribution in [2.75, 3.05) is 5.32 Å². The van der Waals surface area contributed by atoms with Crippen LogP contribution in [0.4, 0.5) is 16.2 Å². The first-order valence-electron chi connectivity index (χ1n) is 8.68. The number of nitrogens with zero attached hydrogens (tertiary/aromatic N) is 2. The highest BCUT2D eigenvalue weighted by Crippen LogP contribution is 2.29. The largest absolute Gasteiger partial charge is 0.344 e. The maximum absolute atomic E-state index is 12.9. The number of urea groups is 1. The molecule has 1 heterocycles. The van der Waals surface area contributed by atoms with Crippen LogP contribution in [0.15, 0.2) is 42.5 Å². The maximum atomic E-state index is 12.9. The summed E-state index contributed by atoms with van der Waals surface area (Å²) in [6, 6.07) is 10.5. The van der Waals surface area contributed by atoms with Gasteiger partial charge in [0.2, 0.25) is 0 Å². The van der Waals surface area contributed by atoms with Crippen molar-refractivity contribution in [3.05, 3.63) is 69.3 Å². The normalized spacial score (nSPS) is 18.4. The van der Waals surface area contributed by atoms with E-state index < -0.39 is 22.4 Å². The second kappa shape index (κ2) is 7.47. The standard InChI is InChI=1S/C19H19N5O4S/c1-11-8-12(2)10-14(9-11)20-17(29)22-23-16(25)19(3,21-18(23)26)13-4-6-15(7-5-13)24(27)28/h4-10H,1-3H3,(H,21,26)(H2,20,22,29)/t19-/m1/s1. The predicted molar refractivity (Wildman–Crippen MR) is 111 cm³/mol. The van der Waals surface area contributed by atoms with Crippen LogP contribution < -0.4 is 16.1 Å². The van der Waals surface area contributed by atoms with Gasteiger partial charge < -0.3 is 10.6 Å². The second-order valence-electron chi connectivity index (χ2n) is 6.94. The van der Waals surface area contributed by atoms with Gasteiger partial charge in [-0.25, -0.2) is 4.79 Å². The SMILES string of the molecule is Cc1cc(C)cc(NC(=S)NN2C(=O)N[C@](C)(c3ccc([N+](=O)[O-])cc3)C2=O)c1. The van der Waals surface area contributed by atoms with Crippen LogP contribution in [0.2, 0.25) is 0 Å². The van der Waals surface area contributed by atoms with Gasteiger partial charge >= 0.3 is 6.03 Å². The number of nitrogens with one attached hydrogen (secondary N) is 3. The third-order valence-electron chi connectivity index (χ3n) is 4.54. The van der Waals surface area contributed by atoms with E-state index in [1.807, 2.05) is 32.0 Å². The maximum Gasteiger partial charge on any atom is 0.344 e. The molecular formula is C19H19N5O4S. The van der Waals surface area contributed by atoms with E-state index in [9.17, 15) is 19.7 Å². The van der Waals surface area contributed by atoms with Gasteiger partial charge in [-0.15, -0.1) is 0 Å². The van der Waals surface area contributed by atoms with Gasteiger partial charge in [0.25, 0.3) is 11.6 Å². The molecule has 2 aromatic rings. The van der Waals surface area contributed by atoms with Crippen molar-refractivity contribution in [2.24, 2.45) is 0 Å². The van der Waals surface area contributed by atoms with Crippen LogP contribution in [0.5, 0.6) is 0 Å². The van der Waals surface area contributed by atoms with Crippen LogP contribution in [-0.4, -0.2) is 27.0 Å². The summed E-state index contributed by atoms with van der Waals surface area (Å²) in [5.41, 5.74) is 4.33. The van der Waals surface area contributed by atoms with Gasteiger partial charge in [-0.1, -0.05) is 6.07 Å². The molecule has 3 N–H and O–H groups in total. The molecule has 3 rings (SSSR count). The van der Waals surface area contributed by atoms with E-state index in [0.717, 1.165) is 21.8 Å². The number of carbonyl (C=O) groups is 2. The molecule has 0 saturated carbocycles. The van der Waals surface area contributed by atoms with Crippen LogP contribution in [0.25, 0.3) is 0 Å². The Morgan fingerprint density at radius 3 is 2.28 bits per heavy atom. The first kappa shape index (κ1) is 20.2. The minimum absolute atomic E-state index is 0.0754. The van der Waals surface area contributed by atoms with Crippen LogP contribution in [0.1, 0.15) is 23.6 Å². The molecule has 0 radical (unpaired) electrons. The molecule has 2 aromatic carbocycles. The molecule has 150 valence electrons. The number of hydrogen-bond donors (Lipinski definition) is 3. The van der Waals surface area contributed by atoms with Crippen molar-refractivity contribution in [1.82, 2.24) is 15.8 Å². The van der Waals surface area contributed by atoms with E-state index in [0.29, 0.717) is 5.56 Å². The topological polar surface area (TPSA) is 117 Å². The van der Waals surface area contributed by atoms with Crippen LogP contribution in [-0.2, 0) is 10.3 Å². The van der Waals surface area contributed by atoms with Crippen LogP contribution >= 0.6 is 12.2 Å². The van der Waals surface area contributed by atoms with Crippen LogP contribution in [0, 0.1) is 24.0 Å². The molecule has 1 atom stereocenters. The number of hydrazine groups is 1. The molecule has 0 aromatic heterocycles. The number of benzene rings is 2. The van der Waals surface area contributed by atoms with Gasteiger partial charge in [0.15, 0.2) is 5.11 Å². The molecule has 1 fully saturated rings. The Labute approximate surface area is 172 Å². The van der Waals surface area contributed by atoms with Crippen LogP contribution in [0.3, 0.4) is 0 Å². The fraction of sp³-hybridized carbons (Fsp3) is 0.211. The number of anilines is 1. The van der Waals surface area contributed by atoms with Gasteiger partial charge in [0.05, 0.1) is 4.92 Å². The minimum Gasteiger partial charge on any atom is -0.331 e. The molecule has 1 saturated heterocycles. The summed E-state index contributed by atoms with van der Waals surface area (Å²) >= 11 is 5.23. The summed E-state index contributed by atoms with van der Waals surface area (Å²) in [7, 11) is 0. The fourth-order valence-electron chi connectivity index (χ4n) is 3.16. The Balaban J connectivity index is 1.75. The van der Waals surface area contributed by atoms with Crippen molar-refractivity contribution in [1.29, 1.82) is 0 Å². The zero-order chi connectivity index (χ0) is 21.3. The molecule has 29 heavy (non-hydrogen) atoms. The number of amides is 3. The summed E-state index contributed by atoms with van der Waals surface area (Å²) in [5, 5.41) is 17.2. The van der Waals surface area contributed by atoms with E-state index in [-0.39, 0.29) is 10.8 Å². The highest BCUT2D eigenvalue weighted by Gasteiger charge is 2.49. The number of imide groups is 1. The monoisotopic (exact) mass is 413 g/mol. The third kappa shape index (κ3) is 4.02. The molecule has 3 amide bonds. The van der Waals surface area contributed by atoms with Gasteiger partial charge in [-0.2, -0.15) is 5.01 Å². The summed E-state index contributed by atoms with van der Waals surface area (Å²) in [4.78, 5) is 35.6. The highest BCUT2D eigenvalue weighted by atomic mass is 32.1. The zero-order valence-electron chi connectivity index (χ0n) is 16.0. The Bertz CT molecular complexity index is 1000. The lowest BCUT2D eigenvalue weighted by atomic mass is 9.92. The quantitative estimate of drug-likeness (QED) is 0.305. The van der Waals surface area contributed by atoms with E-state index in [4.69, 9.17) is 12.2 Å². The number of aryl methyl sites for hydroxylation is 2. The van der Waals surface area contributed by atoms with Gasteiger partial charge in [0.1, 0.15) is 5.54 Å². The Morgan fingerprint density at radius 1 is 1.14 bits per heavy atom. The van der Waals surface area contributed by atoms with Crippen molar-refractivity contribution in [3.63, 3.8) is 0 Å². The molecule has 0 spiro atoms. The zero-order valence-corrected chi connectivity index (χ0v) is 16.8. The van der Waals surface area contributed by atoms with Gasteiger partial charge in [0, 0.05) is 17.8 Å². The van der Waals surface area contributed by atoms with Gasteiger partial charge in [-0.3, -0.25) is 20.3 Å².